The summed E-state index contributed by atoms with van der Waals surface area (Å²) in [5.74, 6) is 0.357. The number of phenols is 1. The van der Waals surface area contributed by atoms with Crippen molar-refractivity contribution < 1.29 is 5.11 Å². The minimum absolute atomic E-state index is 0.357. The average Bonchev–Trinajstić information content (AvgIpc) is 2.96. The van der Waals surface area contributed by atoms with Gasteiger partial charge in [0.05, 0.1) is 10.2 Å². The Morgan fingerprint density at radius 2 is 2.08 bits per heavy atom. The number of rotatable bonds is 3. The molecule has 0 saturated carbocycles. The quantitative estimate of drug-likeness (QED) is 0.557. The fraction of sp³-hybridized carbons (Fsp3) is 0.350. The number of anilines is 1. The smallest absolute Gasteiger partial charge is 0.186 e. The molecule has 0 spiro atoms. The van der Waals surface area contributed by atoms with Gasteiger partial charge in [0, 0.05) is 35.8 Å². The van der Waals surface area contributed by atoms with Crippen LogP contribution in [0.3, 0.4) is 0 Å². The van der Waals surface area contributed by atoms with Crippen molar-refractivity contribution in [1.82, 2.24) is 9.88 Å². The van der Waals surface area contributed by atoms with Crippen LogP contribution in [-0.4, -0.2) is 40.7 Å². The minimum Gasteiger partial charge on any atom is -0.508 e. The summed E-state index contributed by atoms with van der Waals surface area (Å²) >= 11 is 4.14. The largest absolute Gasteiger partial charge is 0.508 e. The molecule has 0 aliphatic carbocycles. The molecule has 0 amide bonds. The average molecular weight is 479 g/mol. The molecule has 1 aliphatic heterocycles. The summed E-state index contributed by atoms with van der Waals surface area (Å²) in [5, 5.41) is 10.9. The van der Waals surface area contributed by atoms with Crippen molar-refractivity contribution in [2.45, 2.75) is 26.4 Å². The number of phenolic OH excluding ortho intramolecular Hbond substituents is 1. The molecule has 2 heterocycles. The van der Waals surface area contributed by atoms with Crippen LogP contribution in [0.25, 0.3) is 10.2 Å². The Morgan fingerprint density at radius 3 is 2.85 bits per heavy atom. The first-order valence-corrected chi connectivity index (χ1v) is 10.7. The number of nitrogens with zero attached hydrogens (tertiary/aromatic N) is 3. The van der Waals surface area contributed by atoms with Crippen LogP contribution in [0.1, 0.15) is 18.1 Å². The highest BCUT2D eigenvalue weighted by atomic mass is 127. The second-order valence-corrected chi connectivity index (χ2v) is 9.32. The van der Waals surface area contributed by atoms with Gasteiger partial charge in [-0.15, -0.1) is 0 Å². The van der Waals surface area contributed by atoms with E-state index in [4.69, 9.17) is 4.98 Å². The van der Waals surface area contributed by atoms with Crippen LogP contribution >= 0.6 is 33.9 Å². The van der Waals surface area contributed by atoms with Gasteiger partial charge in [-0.05, 0) is 77.9 Å². The molecule has 0 radical (unpaired) electrons. The summed E-state index contributed by atoms with van der Waals surface area (Å²) in [6, 6.07) is 12.7. The molecule has 2 aromatic carbocycles. The highest BCUT2D eigenvalue weighted by Crippen LogP contribution is 2.32. The number of aromatic hydroxyl groups is 1. The molecular formula is C20H22IN3OS. The van der Waals surface area contributed by atoms with Crippen molar-refractivity contribution in [2.24, 2.45) is 0 Å². The zero-order valence-electron chi connectivity index (χ0n) is 14.9. The number of aromatic nitrogens is 1. The van der Waals surface area contributed by atoms with E-state index in [1.807, 2.05) is 13.0 Å². The predicted octanol–water partition coefficient (Wildman–Crippen LogP) is 4.63. The van der Waals surface area contributed by atoms with Gasteiger partial charge in [-0.1, -0.05) is 17.4 Å². The van der Waals surface area contributed by atoms with Crippen LogP contribution in [0.15, 0.2) is 36.4 Å². The number of thiazole rings is 1. The van der Waals surface area contributed by atoms with Crippen molar-refractivity contribution in [1.29, 1.82) is 0 Å². The molecule has 1 aromatic heterocycles. The van der Waals surface area contributed by atoms with E-state index in [-0.39, 0.29) is 0 Å². The Labute approximate surface area is 171 Å². The Morgan fingerprint density at radius 1 is 1.23 bits per heavy atom. The third-order valence-corrected chi connectivity index (χ3v) is 6.55. The van der Waals surface area contributed by atoms with E-state index < -0.39 is 0 Å². The normalized spacial score (nSPS) is 18.6. The highest BCUT2D eigenvalue weighted by molar-refractivity contribution is 14.1. The van der Waals surface area contributed by atoms with Crippen LogP contribution in [0.4, 0.5) is 5.13 Å². The molecule has 0 bridgehead atoms. The maximum atomic E-state index is 9.82. The van der Waals surface area contributed by atoms with Gasteiger partial charge in [0.1, 0.15) is 5.75 Å². The highest BCUT2D eigenvalue weighted by Gasteiger charge is 2.26. The fourth-order valence-electron chi connectivity index (χ4n) is 3.66. The lowest BCUT2D eigenvalue weighted by Gasteiger charge is -2.39. The van der Waals surface area contributed by atoms with Crippen molar-refractivity contribution in [3.05, 3.63) is 51.1 Å². The first kappa shape index (κ1) is 18.0. The lowest BCUT2D eigenvalue weighted by Crippen LogP contribution is -2.51. The number of aryl methyl sites for hydroxylation is 1. The minimum atomic E-state index is 0.357. The van der Waals surface area contributed by atoms with Gasteiger partial charge in [-0.2, -0.15) is 0 Å². The summed E-state index contributed by atoms with van der Waals surface area (Å²) < 4.78 is 2.52. The molecule has 1 aliphatic rings. The number of fused-ring (bicyclic) bond motifs is 1. The molecule has 6 heteroatoms. The van der Waals surface area contributed by atoms with Crippen LogP contribution in [0.5, 0.6) is 5.75 Å². The summed E-state index contributed by atoms with van der Waals surface area (Å²) in [6.45, 7) is 8.17. The van der Waals surface area contributed by atoms with Crippen molar-refractivity contribution >= 4 is 49.3 Å². The van der Waals surface area contributed by atoms with Crippen LogP contribution in [0.2, 0.25) is 0 Å². The van der Waals surface area contributed by atoms with E-state index in [1.54, 1.807) is 17.4 Å². The second kappa shape index (κ2) is 7.32. The number of benzene rings is 2. The molecule has 3 aromatic rings. The van der Waals surface area contributed by atoms with E-state index in [1.165, 1.54) is 13.8 Å². The topological polar surface area (TPSA) is 39.6 Å². The Balaban J connectivity index is 1.47. The van der Waals surface area contributed by atoms with Gasteiger partial charge >= 0.3 is 0 Å². The standard InChI is InChI=1S/C20H22IN3OS/c1-13-7-15(9-17(25)8-13)12-23-5-6-24(14(2)11-23)20-22-18-4-3-16(21)10-19(18)26-20/h3-4,7-10,14,25H,5-6,11-12H2,1-2H3. The molecule has 4 nitrogen and oxygen atoms in total. The first-order valence-electron chi connectivity index (χ1n) is 8.82. The summed E-state index contributed by atoms with van der Waals surface area (Å²) in [4.78, 5) is 9.75. The van der Waals surface area contributed by atoms with Gasteiger partial charge < -0.3 is 10.0 Å². The predicted molar refractivity (Wildman–Crippen MR) is 117 cm³/mol. The Kier molecular flexibility index (Phi) is 5.07. The van der Waals surface area contributed by atoms with Gasteiger partial charge in [0.15, 0.2) is 5.13 Å². The van der Waals surface area contributed by atoms with Crippen molar-refractivity contribution in [3.63, 3.8) is 0 Å². The molecule has 1 fully saturated rings. The monoisotopic (exact) mass is 479 g/mol. The van der Waals surface area contributed by atoms with E-state index in [0.29, 0.717) is 11.8 Å². The van der Waals surface area contributed by atoms with E-state index in [9.17, 15) is 5.11 Å². The lowest BCUT2D eigenvalue weighted by atomic mass is 10.1. The Hall–Kier alpha value is -1.38. The molecule has 136 valence electrons. The summed E-state index contributed by atoms with van der Waals surface area (Å²) in [6.07, 6.45) is 0. The zero-order chi connectivity index (χ0) is 18.3. The van der Waals surface area contributed by atoms with E-state index in [0.717, 1.165) is 42.4 Å². The second-order valence-electron chi connectivity index (χ2n) is 7.06. The molecule has 1 atom stereocenters. The summed E-state index contributed by atoms with van der Waals surface area (Å²) in [5.41, 5.74) is 3.38. The number of hydrogen-bond donors (Lipinski definition) is 1. The summed E-state index contributed by atoms with van der Waals surface area (Å²) in [7, 11) is 0. The zero-order valence-corrected chi connectivity index (χ0v) is 17.9. The molecular weight excluding hydrogens is 457 g/mol. The van der Waals surface area contributed by atoms with Crippen LogP contribution in [-0.2, 0) is 6.54 Å². The number of piperazine rings is 1. The van der Waals surface area contributed by atoms with E-state index >= 15 is 0 Å². The molecule has 4 rings (SSSR count). The van der Waals surface area contributed by atoms with Crippen LogP contribution < -0.4 is 4.90 Å². The number of halogens is 1. The van der Waals surface area contributed by atoms with Crippen LogP contribution in [0, 0.1) is 10.5 Å². The Bertz CT molecular complexity index is 922. The number of hydrogen-bond acceptors (Lipinski definition) is 5. The maximum absolute atomic E-state index is 9.82. The third-order valence-electron chi connectivity index (χ3n) is 4.82. The molecule has 1 saturated heterocycles. The first-order chi connectivity index (χ1) is 12.5. The lowest BCUT2D eigenvalue weighted by molar-refractivity contribution is 0.220. The van der Waals surface area contributed by atoms with Gasteiger partial charge in [0.2, 0.25) is 0 Å². The van der Waals surface area contributed by atoms with Crippen molar-refractivity contribution in [2.75, 3.05) is 24.5 Å². The van der Waals surface area contributed by atoms with Gasteiger partial charge in [-0.25, -0.2) is 4.98 Å². The fourth-order valence-corrected chi connectivity index (χ4v) is 5.50. The SMILES string of the molecule is Cc1cc(O)cc(CN2CCN(c3nc4ccc(I)cc4s3)C(C)C2)c1. The van der Waals surface area contributed by atoms with Gasteiger partial charge in [-0.3, -0.25) is 4.90 Å². The molecule has 1 N–H and O–H groups in total. The van der Waals surface area contributed by atoms with Crippen molar-refractivity contribution in [3.8, 4) is 5.75 Å². The van der Waals surface area contributed by atoms with E-state index in [2.05, 4.69) is 63.6 Å². The van der Waals surface area contributed by atoms with Gasteiger partial charge in [0.25, 0.3) is 0 Å². The maximum Gasteiger partial charge on any atom is 0.186 e. The molecule has 26 heavy (non-hydrogen) atoms. The molecule has 1 unspecified atom stereocenters. The third kappa shape index (κ3) is 3.82.